The van der Waals surface area contributed by atoms with Gasteiger partial charge >= 0.3 is 0 Å². The number of nitrogens with zero attached hydrogens (tertiary/aromatic N) is 3. The summed E-state index contributed by atoms with van der Waals surface area (Å²) in [5.74, 6) is 0.0988. The maximum Gasteiger partial charge on any atom is 0.241 e. The number of rotatable bonds is 6. The molecule has 0 radical (unpaired) electrons. The molecule has 1 aromatic heterocycles. The summed E-state index contributed by atoms with van der Waals surface area (Å²) >= 11 is 7.58. The Kier molecular flexibility index (Phi) is 7.19. The second-order valence-corrected chi connectivity index (χ2v) is 11.1. The number of piperazine rings is 1. The number of sulfonamides is 1. The van der Waals surface area contributed by atoms with Crippen LogP contribution in [0.3, 0.4) is 0 Å². The average Bonchev–Trinajstić information content (AvgIpc) is 3.06. The number of piperidine rings is 1. The lowest BCUT2D eigenvalue weighted by Gasteiger charge is -2.40. The smallest absolute Gasteiger partial charge is 0.241 e. The van der Waals surface area contributed by atoms with E-state index in [0.717, 1.165) is 36.8 Å². The van der Waals surface area contributed by atoms with E-state index in [-0.39, 0.29) is 11.7 Å². The van der Waals surface area contributed by atoms with E-state index >= 15 is 0 Å². The maximum absolute atomic E-state index is 13.1. The lowest BCUT2D eigenvalue weighted by Crippen LogP contribution is -2.57. The molecular weight excluding hydrogens is 406 g/mol. The van der Waals surface area contributed by atoms with Crippen molar-refractivity contribution >= 4 is 38.9 Å². The molecule has 2 saturated heterocycles. The molecule has 27 heavy (non-hydrogen) atoms. The van der Waals surface area contributed by atoms with Gasteiger partial charge in [-0.05, 0) is 31.4 Å². The van der Waals surface area contributed by atoms with E-state index in [0.29, 0.717) is 32.5 Å². The quantitative estimate of drug-likeness (QED) is 0.691. The first kappa shape index (κ1) is 21.0. The molecule has 0 saturated carbocycles. The summed E-state index contributed by atoms with van der Waals surface area (Å²) in [6, 6.07) is 3.44. The van der Waals surface area contributed by atoms with Crippen molar-refractivity contribution in [2.24, 2.45) is 0 Å². The van der Waals surface area contributed by atoms with Gasteiger partial charge in [0.05, 0.1) is 10.1 Å². The van der Waals surface area contributed by atoms with Crippen LogP contribution in [-0.4, -0.2) is 72.9 Å². The van der Waals surface area contributed by atoms with Gasteiger partial charge in [0.1, 0.15) is 6.04 Å². The summed E-state index contributed by atoms with van der Waals surface area (Å²) in [7, 11) is -3.35. The Morgan fingerprint density at radius 1 is 1.19 bits per heavy atom. The third-order valence-corrected chi connectivity index (χ3v) is 8.54. The van der Waals surface area contributed by atoms with Gasteiger partial charge in [0.25, 0.3) is 0 Å². The molecule has 2 fully saturated rings. The number of thiophene rings is 1. The zero-order valence-electron chi connectivity index (χ0n) is 15.8. The zero-order chi connectivity index (χ0) is 19.4. The highest BCUT2D eigenvalue weighted by atomic mass is 35.5. The molecule has 1 amide bonds. The van der Waals surface area contributed by atoms with Crippen molar-refractivity contribution in [2.45, 2.75) is 45.2 Å². The summed E-state index contributed by atoms with van der Waals surface area (Å²) in [6.07, 6.45) is 2.96. The van der Waals surface area contributed by atoms with E-state index < -0.39 is 16.1 Å². The van der Waals surface area contributed by atoms with Gasteiger partial charge in [-0.25, -0.2) is 8.42 Å². The average molecular weight is 434 g/mol. The number of amides is 1. The summed E-state index contributed by atoms with van der Waals surface area (Å²) in [4.78, 5) is 18.5. The largest absolute Gasteiger partial charge is 0.339 e. The van der Waals surface area contributed by atoms with Crippen molar-refractivity contribution in [3.63, 3.8) is 0 Å². The Hall–Kier alpha value is -0.670. The van der Waals surface area contributed by atoms with E-state index in [9.17, 15) is 13.2 Å². The molecule has 0 aliphatic carbocycles. The topological polar surface area (TPSA) is 60.9 Å². The molecule has 152 valence electrons. The van der Waals surface area contributed by atoms with Crippen LogP contribution in [0.2, 0.25) is 4.34 Å². The predicted molar refractivity (Wildman–Crippen MR) is 110 cm³/mol. The van der Waals surface area contributed by atoms with Crippen LogP contribution in [0.25, 0.3) is 0 Å². The Morgan fingerprint density at radius 2 is 1.93 bits per heavy atom. The number of halogens is 1. The molecule has 9 heteroatoms. The number of hydrogen-bond acceptors (Lipinski definition) is 5. The van der Waals surface area contributed by atoms with Crippen LogP contribution in [0.5, 0.6) is 0 Å². The predicted octanol–water partition coefficient (Wildman–Crippen LogP) is 2.64. The van der Waals surface area contributed by atoms with Crippen molar-refractivity contribution in [3.8, 4) is 0 Å². The summed E-state index contributed by atoms with van der Waals surface area (Å²) < 4.78 is 27.4. The second kappa shape index (κ2) is 9.22. The highest BCUT2D eigenvalue weighted by molar-refractivity contribution is 7.89. The maximum atomic E-state index is 13.1. The second-order valence-electron chi connectivity index (χ2n) is 7.25. The summed E-state index contributed by atoms with van der Waals surface area (Å²) in [5.41, 5.74) is 0. The molecule has 0 bridgehead atoms. The van der Waals surface area contributed by atoms with E-state index in [4.69, 9.17) is 11.6 Å². The van der Waals surface area contributed by atoms with E-state index in [1.165, 1.54) is 9.18 Å². The molecule has 0 N–H and O–H groups in total. The van der Waals surface area contributed by atoms with Gasteiger partial charge in [0.15, 0.2) is 0 Å². The van der Waals surface area contributed by atoms with Crippen LogP contribution in [0.1, 0.15) is 37.5 Å². The molecule has 1 unspecified atom stereocenters. The Bertz CT molecular complexity index is 745. The first-order valence-corrected chi connectivity index (χ1v) is 12.5. The normalized spacial score (nSPS) is 22.9. The van der Waals surface area contributed by atoms with Crippen molar-refractivity contribution in [3.05, 3.63) is 21.3 Å². The Morgan fingerprint density at radius 3 is 2.56 bits per heavy atom. The minimum atomic E-state index is -3.35. The molecule has 3 rings (SSSR count). The zero-order valence-corrected chi connectivity index (χ0v) is 18.2. The summed E-state index contributed by atoms with van der Waals surface area (Å²) in [6.45, 7) is 6.08. The monoisotopic (exact) mass is 433 g/mol. The van der Waals surface area contributed by atoms with Crippen LogP contribution in [0.15, 0.2) is 12.1 Å². The molecule has 0 spiro atoms. The summed E-state index contributed by atoms with van der Waals surface area (Å²) in [5, 5.41) is 0. The van der Waals surface area contributed by atoms with Crippen LogP contribution in [-0.2, 0) is 21.4 Å². The molecule has 0 aromatic carbocycles. The van der Waals surface area contributed by atoms with Gasteiger partial charge in [-0.2, -0.15) is 4.31 Å². The van der Waals surface area contributed by atoms with E-state index in [1.807, 2.05) is 24.0 Å². The highest BCUT2D eigenvalue weighted by Crippen LogP contribution is 2.25. The minimum Gasteiger partial charge on any atom is -0.339 e. The fourth-order valence-electron chi connectivity index (χ4n) is 3.85. The lowest BCUT2D eigenvalue weighted by molar-refractivity contribution is -0.138. The molecule has 6 nitrogen and oxygen atoms in total. The molecule has 2 aliphatic heterocycles. The van der Waals surface area contributed by atoms with Gasteiger partial charge in [0.2, 0.25) is 15.9 Å². The molecule has 1 atom stereocenters. The van der Waals surface area contributed by atoms with E-state index in [1.54, 1.807) is 11.3 Å². The fraction of sp³-hybridized carbons (Fsp3) is 0.722. The van der Waals surface area contributed by atoms with Crippen LogP contribution >= 0.6 is 22.9 Å². The van der Waals surface area contributed by atoms with Crippen LogP contribution in [0.4, 0.5) is 0 Å². The van der Waals surface area contributed by atoms with Crippen molar-refractivity contribution in [1.29, 1.82) is 0 Å². The van der Waals surface area contributed by atoms with Gasteiger partial charge in [0, 0.05) is 44.1 Å². The molecule has 2 aliphatic rings. The standard InChI is InChI=1S/C18H28ClN3O3S2/c1-2-13-27(24,25)22-8-4-3-5-16(22)18(23)21-11-9-20(10-12-21)14-15-6-7-17(19)26-15/h6-7,16H,2-5,8-14H2,1H3. The molecule has 3 heterocycles. The van der Waals surface area contributed by atoms with Gasteiger partial charge < -0.3 is 4.90 Å². The van der Waals surface area contributed by atoms with Crippen molar-refractivity contribution in [1.82, 2.24) is 14.1 Å². The first-order valence-electron chi connectivity index (χ1n) is 9.65. The van der Waals surface area contributed by atoms with Crippen molar-refractivity contribution < 1.29 is 13.2 Å². The third-order valence-electron chi connectivity index (χ3n) is 5.25. The fourth-order valence-corrected chi connectivity index (χ4v) is 6.73. The van der Waals surface area contributed by atoms with Crippen LogP contribution in [0, 0.1) is 0 Å². The SMILES string of the molecule is CCCS(=O)(=O)N1CCCCC1C(=O)N1CCN(Cc2ccc(Cl)s2)CC1. The van der Waals surface area contributed by atoms with E-state index in [2.05, 4.69) is 4.90 Å². The van der Waals surface area contributed by atoms with Crippen molar-refractivity contribution in [2.75, 3.05) is 38.5 Å². The molecule has 1 aromatic rings. The number of carbonyl (C=O) groups excluding carboxylic acids is 1. The first-order chi connectivity index (χ1) is 12.9. The number of hydrogen-bond donors (Lipinski definition) is 0. The molecular formula is C18H28ClN3O3S2. The van der Waals surface area contributed by atoms with Gasteiger partial charge in [-0.1, -0.05) is 24.9 Å². The Balaban J connectivity index is 1.58. The van der Waals surface area contributed by atoms with Gasteiger partial charge in [-0.3, -0.25) is 9.69 Å². The van der Waals surface area contributed by atoms with Gasteiger partial charge in [-0.15, -0.1) is 11.3 Å². The minimum absolute atomic E-state index is 0.0202. The number of carbonyl (C=O) groups is 1. The van der Waals surface area contributed by atoms with Crippen LogP contribution < -0.4 is 0 Å². The third kappa shape index (κ3) is 5.23. The lowest BCUT2D eigenvalue weighted by atomic mass is 10.0. The highest BCUT2D eigenvalue weighted by Gasteiger charge is 2.38. The Labute approximate surface area is 171 Å².